The summed E-state index contributed by atoms with van der Waals surface area (Å²) >= 11 is 0. The molecule has 1 aromatic carbocycles. The maximum absolute atomic E-state index is 12.0. The van der Waals surface area contributed by atoms with Gasteiger partial charge in [-0.05, 0) is 36.4 Å². The summed E-state index contributed by atoms with van der Waals surface area (Å²) in [6.07, 6.45) is 3.48. The number of ether oxygens (including phenoxy) is 1. The largest absolute Gasteiger partial charge is 0.497 e. The van der Waals surface area contributed by atoms with Crippen LogP contribution in [0.3, 0.4) is 0 Å². The van der Waals surface area contributed by atoms with Gasteiger partial charge in [0, 0.05) is 17.4 Å². The van der Waals surface area contributed by atoms with Gasteiger partial charge in [-0.25, -0.2) is 0 Å². The van der Waals surface area contributed by atoms with Gasteiger partial charge in [-0.3, -0.25) is 9.78 Å². The number of carbonyl (C=O) groups is 1. The van der Waals surface area contributed by atoms with Crippen LogP contribution in [0.5, 0.6) is 5.75 Å². The molecule has 3 rings (SSSR count). The maximum atomic E-state index is 12.0. The SMILES string of the molecule is COc1ccc2c(c1)C(=Cc1ccccn1)C(=O)N2. The number of nitrogens with zero attached hydrogens (tertiary/aromatic N) is 1. The lowest BCUT2D eigenvalue weighted by Gasteiger charge is -2.02. The first-order valence-electron chi connectivity index (χ1n) is 5.90. The van der Waals surface area contributed by atoms with Crippen LogP contribution in [0.1, 0.15) is 11.3 Å². The molecule has 1 aliphatic heterocycles. The van der Waals surface area contributed by atoms with Crippen LogP contribution in [-0.2, 0) is 4.79 Å². The number of rotatable bonds is 2. The first kappa shape index (κ1) is 11.5. The first-order valence-corrected chi connectivity index (χ1v) is 5.90. The van der Waals surface area contributed by atoms with E-state index in [1.165, 1.54) is 0 Å². The lowest BCUT2D eigenvalue weighted by Crippen LogP contribution is -2.03. The molecule has 1 aliphatic rings. The van der Waals surface area contributed by atoms with Crippen LogP contribution < -0.4 is 10.1 Å². The summed E-state index contributed by atoms with van der Waals surface area (Å²) in [4.78, 5) is 16.2. The Kier molecular flexibility index (Phi) is 2.76. The van der Waals surface area contributed by atoms with Gasteiger partial charge in [0.2, 0.25) is 0 Å². The number of hydrogen-bond donors (Lipinski definition) is 1. The van der Waals surface area contributed by atoms with Crippen molar-refractivity contribution in [3.8, 4) is 5.75 Å². The Labute approximate surface area is 110 Å². The van der Waals surface area contributed by atoms with Crippen molar-refractivity contribution in [3.05, 3.63) is 53.9 Å². The fourth-order valence-corrected chi connectivity index (χ4v) is 2.05. The topological polar surface area (TPSA) is 51.2 Å². The smallest absolute Gasteiger partial charge is 0.256 e. The number of hydrogen-bond acceptors (Lipinski definition) is 3. The summed E-state index contributed by atoms with van der Waals surface area (Å²) in [6, 6.07) is 11.1. The van der Waals surface area contributed by atoms with E-state index in [4.69, 9.17) is 4.74 Å². The minimum absolute atomic E-state index is 0.117. The second kappa shape index (κ2) is 4.57. The molecule has 94 valence electrons. The van der Waals surface area contributed by atoms with Gasteiger partial charge >= 0.3 is 0 Å². The number of pyridine rings is 1. The number of amides is 1. The van der Waals surface area contributed by atoms with E-state index >= 15 is 0 Å². The van der Waals surface area contributed by atoms with Crippen LogP contribution in [0.4, 0.5) is 5.69 Å². The number of aromatic nitrogens is 1. The van der Waals surface area contributed by atoms with E-state index in [1.807, 2.05) is 36.4 Å². The highest BCUT2D eigenvalue weighted by Crippen LogP contribution is 2.35. The Hall–Kier alpha value is -2.62. The molecule has 0 atom stereocenters. The molecule has 1 amide bonds. The first-order chi connectivity index (χ1) is 9.28. The van der Waals surface area contributed by atoms with E-state index in [0.29, 0.717) is 5.57 Å². The molecule has 1 aromatic heterocycles. The average molecular weight is 252 g/mol. The number of fused-ring (bicyclic) bond motifs is 1. The molecule has 0 fully saturated rings. The summed E-state index contributed by atoms with van der Waals surface area (Å²) < 4.78 is 5.19. The molecule has 0 spiro atoms. The molecular weight excluding hydrogens is 240 g/mol. The zero-order valence-corrected chi connectivity index (χ0v) is 10.4. The van der Waals surface area contributed by atoms with Crippen LogP contribution in [0.15, 0.2) is 42.6 Å². The van der Waals surface area contributed by atoms with E-state index in [0.717, 1.165) is 22.7 Å². The zero-order chi connectivity index (χ0) is 13.2. The molecule has 19 heavy (non-hydrogen) atoms. The lowest BCUT2D eigenvalue weighted by molar-refractivity contribution is -0.110. The predicted molar refractivity (Wildman–Crippen MR) is 73.7 cm³/mol. The van der Waals surface area contributed by atoms with Crippen LogP contribution >= 0.6 is 0 Å². The van der Waals surface area contributed by atoms with E-state index < -0.39 is 0 Å². The third-order valence-corrected chi connectivity index (χ3v) is 2.99. The van der Waals surface area contributed by atoms with Crippen molar-refractivity contribution in [1.29, 1.82) is 0 Å². The quantitative estimate of drug-likeness (QED) is 0.836. The third kappa shape index (κ3) is 2.08. The van der Waals surface area contributed by atoms with Crippen molar-refractivity contribution in [2.75, 3.05) is 12.4 Å². The zero-order valence-electron chi connectivity index (χ0n) is 10.4. The van der Waals surface area contributed by atoms with Crippen LogP contribution in [-0.4, -0.2) is 18.0 Å². The number of anilines is 1. The summed E-state index contributed by atoms with van der Waals surface area (Å²) in [5, 5.41) is 2.83. The van der Waals surface area contributed by atoms with Gasteiger partial charge in [-0.1, -0.05) is 6.07 Å². The highest BCUT2D eigenvalue weighted by molar-refractivity contribution is 6.34. The fraction of sp³-hybridized carbons (Fsp3) is 0.0667. The molecule has 0 radical (unpaired) electrons. The number of nitrogens with one attached hydrogen (secondary N) is 1. The van der Waals surface area contributed by atoms with E-state index in [2.05, 4.69) is 10.3 Å². The summed E-state index contributed by atoms with van der Waals surface area (Å²) in [5.74, 6) is 0.607. The standard InChI is InChI=1S/C15H12N2O2/c1-19-11-5-6-14-12(9-11)13(15(18)17-14)8-10-4-2-3-7-16-10/h2-9H,1H3,(H,17,18). The molecule has 4 nitrogen and oxygen atoms in total. The minimum Gasteiger partial charge on any atom is -0.497 e. The van der Waals surface area contributed by atoms with Gasteiger partial charge in [0.1, 0.15) is 5.75 Å². The molecule has 4 heteroatoms. The molecular formula is C15H12N2O2. The van der Waals surface area contributed by atoms with Crippen molar-refractivity contribution in [2.45, 2.75) is 0 Å². The second-order valence-electron chi connectivity index (χ2n) is 4.18. The molecule has 0 saturated heterocycles. The molecule has 0 saturated carbocycles. The van der Waals surface area contributed by atoms with Crippen molar-refractivity contribution in [3.63, 3.8) is 0 Å². The van der Waals surface area contributed by atoms with Crippen molar-refractivity contribution < 1.29 is 9.53 Å². The Bertz CT molecular complexity index is 663. The van der Waals surface area contributed by atoms with Gasteiger partial charge in [0.25, 0.3) is 5.91 Å². The Morgan fingerprint density at radius 2 is 2.16 bits per heavy atom. The van der Waals surface area contributed by atoms with Crippen LogP contribution in [0.25, 0.3) is 11.6 Å². The molecule has 2 aromatic rings. The highest BCUT2D eigenvalue weighted by atomic mass is 16.5. The highest BCUT2D eigenvalue weighted by Gasteiger charge is 2.24. The summed E-state index contributed by atoms with van der Waals surface area (Å²) in [5.41, 5.74) is 3.00. The van der Waals surface area contributed by atoms with E-state index in [1.54, 1.807) is 19.4 Å². The van der Waals surface area contributed by atoms with Gasteiger partial charge in [-0.2, -0.15) is 0 Å². The predicted octanol–water partition coefficient (Wildman–Crippen LogP) is 2.58. The number of methoxy groups -OCH3 is 1. The molecule has 1 N–H and O–H groups in total. The lowest BCUT2D eigenvalue weighted by atomic mass is 10.1. The van der Waals surface area contributed by atoms with Gasteiger partial charge in [-0.15, -0.1) is 0 Å². The normalized spacial score (nSPS) is 15.2. The van der Waals surface area contributed by atoms with Crippen LogP contribution in [0, 0.1) is 0 Å². The molecule has 0 aliphatic carbocycles. The Morgan fingerprint density at radius 1 is 1.26 bits per heavy atom. The molecule has 2 heterocycles. The van der Waals surface area contributed by atoms with Gasteiger partial charge < -0.3 is 10.1 Å². The molecule has 0 bridgehead atoms. The second-order valence-corrected chi connectivity index (χ2v) is 4.18. The Balaban J connectivity index is 2.09. The molecule has 0 unspecified atom stereocenters. The fourth-order valence-electron chi connectivity index (χ4n) is 2.05. The maximum Gasteiger partial charge on any atom is 0.256 e. The van der Waals surface area contributed by atoms with Crippen molar-refractivity contribution in [2.24, 2.45) is 0 Å². The third-order valence-electron chi connectivity index (χ3n) is 2.99. The number of benzene rings is 1. The monoisotopic (exact) mass is 252 g/mol. The van der Waals surface area contributed by atoms with Crippen LogP contribution in [0.2, 0.25) is 0 Å². The van der Waals surface area contributed by atoms with Crippen molar-refractivity contribution in [1.82, 2.24) is 4.98 Å². The number of carbonyl (C=O) groups excluding carboxylic acids is 1. The summed E-state index contributed by atoms with van der Waals surface area (Å²) in [7, 11) is 1.61. The average Bonchev–Trinajstić information content (AvgIpc) is 2.76. The van der Waals surface area contributed by atoms with Crippen molar-refractivity contribution >= 4 is 23.2 Å². The van der Waals surface area contributed by atoms with E-state index in [-0.39, 0.29) is 5.91 Å². The van der Waals surface area contributed by atoms with Gasteiger partial charge in [0.05, 0.1) is 18.4 Å². The summed E-state index contributed by atoms with van der Waals surface area (Å²) in [6.45, 7) is 0. The minimum atomic E-state index is -0.117. The van der Waals surface area contributed by atoms with E-state index in [9.17, 15) is 4.79 Å². The van der Waals surface area contributed by atoms with Gasteiger partial charge in [0.15, 0.2) is 0 Å². The Morgan fingerprint density at radius 3 is 2.89 bits per heavy atom.